The second-order valence-electron chi connectivity index (χ2n) is 2.26. The highest BCUT2D eigenvalue weighted by Gasteiger charge is 2.04. The number of allylic oxidation sites excluding steroid dienone is 1. The van der Waals surface area contributed by atoms with Crippen molar-refractivity contribution in [3.05, 3.63) is 37.2 Å². The van der Waals surface area contributed by atoms with Gasteiger partial charge in [0.1, 0.15) is 0 Å². The third-order valence-corrected chi connectivity index (χ3v) is 4.15. The fourth-order valence-corrected chi connectivity index (χ4v) is 2.41. The maximum atomic E-state index is 3.50. The van der Waals surface area contributed by atoms with Gasteiger partial charge in [0.25, 0.3) is 0 Å². The maximum Gasteiger partial charge on any atom is 0.0401 e. The summed E-state index contributed by atoms with van der Waals surface area (Å²) < 4.78 is 3.24. The third kappa shape index (κ3) is 2.21. The summed E-state index contributed by atoms with van der Waals surface area (Å²) in [6.45, 7) is 2.00. The average molecular weight is 355 g/mol. The summed E-state index contributed by atoms with van der Waals surface area (Å²) in [6, 6.07) is 4.02. The molecule has 1 aromatic rings. The van der Waals surface area contributed by atoms with E-state index in [2.05, 4.69) is 53.9 Å². The number of halogens is 3. The minimum Gasteiger partial charge on any atom is -0.0870 e. The van der Waals surface area contributed by atoms with Crippen LogP contribution in [0.25, 0.3) is 6.08 Å². The summed E-state index contributed by atoms with van der Waals surface area (Å²) in [5, 5.41) is 0. The first-order valence-corrected chi connectivity index (χ1v) is 5.81. The first kappa shape index (κ1) is 10.5. The molecular formula is C9H7Br3. The summed E-state index contributed by atoms with van der Waals surface area (Å²) >= 11 is 10.4. The summed E-state index contributed by atoms with van der Waals surface area (Å²) in [5.74, 6) is 0. The average Bonchev–Trinajstić information content (AvgIpc) is 2.06. The van der Waals surface area contributed by atoms with Crippen LogP contribution in [-0.4, -0.2) is 0 Å². The molecule has 0 saturated carbocycles. The van der Waals surface area contributed by atoms with E-state index in [1.807, 2.05) is 25.1 Å². The van der Waals surface area contributed by atoms with E-state index in [-0.39, 0.29) is 0 Å². The Bertz CT molecular complexity index is 316. The predicted octanol–water partition coefficient (Wildman–Crippen LogP) is 5.01. The predicted molar refractivity (Wildman–Crippen MR) is 64.3 cm³/mol. The monoisotopic (exact) mass is 352 g/mol. The van der Waals surface area contributed by atoms with Crippen molar-refractivity contribution in [2.75, 3.05) is 0 Å². The number of benzene rings is 1. The first-order valence-electron chi connectivity index (χ1n) is 3.43. The molecule has 1 aromatic carbocycles. The molecule has 0 aliphatic carbocycles. The highest BCUT2D eigenvalue weighted by molar-refractivity contribution is 9.13. The van der Waals surface area contributed by atoms with Crippen LogP contribution < -0.4 is 0 Å². The molecule has 0 aromatic heterocycles. The molecule has 12 heavy (non-hydrogen) atoms. The molecule has 0 radical (unpaired) electrons. The minimum atomic E-state index is 1.07. The van der Waals surface area contributed by atoms with Crippen molar-refractivity contribution in [1.82, 2.24) is 0 Å². The summed E-state index contributed by atoms with van der Waals surface area (Å²) in [6.07, 6.45) is 4.07. The maximum absolute atomic E-state index is 3.50. The molecule has 0 fully saturated rings. The lowest BCUT2D eigenvalue weighted by Crippen LogP contribution is -1.79. The van der Waals surface area contributed by atoms with Gasteiger partial charge in [0.2, 0.25) is 0 Å². The SMILES string of the molecule is CC=Cc1c(Br)ccc(Br)c1Br. The highest BCUT2D eigenvalue weighted by atomic mass is 79.9. The van der Waals surface area contributed by atoms with Crippen molar-refractivity contribution in [3.8, 4) is 0 Å². The Labute approximate surface area is 97.4 Å². The fraction of sp³-hybridized carbons (Fsp3) is 0.111. The Morgan fingerprint density at radius 1 is 1.08 bits per heavy atom. The van der Waals surface area contributed by atoms with E-state index >= 15 is 0 Å². The zero-order valence-corrected chi connectivity index (χ0v) is 11.2. The number of hydrogen-bond acceptors (Lipinski definition) is 0. The van der Waals surface area contributed by atoms with Gasteiger partial charge in [-0.2, -0.15) is 0 Å². The van der Waals surface area contributed by atoms with Crippen molar-refractivity contribution in [1.29, 1.82) is 0 Å². The second-order valence-corrected chi connectivity index (χ2v) is 4.76. The molecular weight excluding hydrogens is 348 g/mol. The van der Waals surface area contributed by atoms with E-state index in [0.717, 1.165) is 19.0 Å². The van der Waals surface area contributed by atoms with Gasteiger partial charge in [0.05, 0.1) is 0 Å². The van der Waals surface area contributed by atoms with E-state index in [4.69, 9.17) is 0 Å². The van der Waals surface area contributed by atoms with Crippen molar-refractivity contribution >= 4 is 53.9 Å². The molecule has 0 aliphatic heterocycles. The van der Waals surface area contributed by atoms with Gasteiger partial charge in [0.15, 0.2) is 0 Å². The van der Waals surface area contributed by atoms with Crippen LogP contribution in [0.5, 0.6) is 0 Å². The van der Waals surface area contributed by atoms with Crippen LogP contribution in [-0.2, 0) is 0 Å². The Morgan fingerprint density at radius 2 is 1.67 bits per heavy atom. The van der Waals surface area contributed by atoms with Crippen LogP contribution in [0.4, 0.5) is 0 Å². The lowest BCUT2D eigenvalue weighted by molar-refractivity contribution is 1.50. The molecule has 0 bridgehead atoms. The topological polar surface area (TPSA) is 0 Å². The minimum absolute atomic E-state index is 1.07. The lowest BCUT2D eigenvalue weighted by atomic mass is 10.2. The van der Waals surface area contributed by atoms with Gasteiger partial charge in [-0.15, -0.1) is 0 Å². The second kappa shape index (κ2) is 4.58. The molecule has 3 heteroatoms. The molecule has 64 valence electrons. The van der Waals surface area contributed by atoms with Crippen molar-refractivity contribution in [2.24, 2.45) is 0 Å². The Hall–Kier alpha value is 0.400. The van der Waals surface area contributed by atoms with E-state index in [0.29, 0.717) is 0 Å². The standard InChI is InChI=1S/C9H7Br3/c1-2-3-6-7(10)4-5-8(11)9(6)12/h2-5H,1H3. The molecule has 0 N–H and O–H groups in total. The van der Waals surface area contributed by atoms with Gasteiger partial charge in [-0.25, -0.2) is 0 Å². The number of hydrogen-bond donors (Lipinski definition) is 0. The Balaban J connectivity index is 3.32. The fourth-order valence-electron chi connectivity index (χ4n) is 0.862. The van der Waals surface area contributed by atoms with Crippen LogP contribution in [0, 0.1) is 0 Å². The van der Waals surface area contributed by atoms with E-state index < -0.39 is 0 Å². The third-order valence-electron chi connectivity index (χ3n) is 1.41. The summed E-state index contributed by atoms with van der Waals surface area (Å²) in [4.78, 5) is 0. The summed E-state index contributed by atoms with van der Waals surface area (Å²) in [5.41, 5.74) is 1.16. The Morgan fingerprint density at radius 3 is 2.25 bits per heavy atom. The molecule has 0 spiro atoms. The van der Waals surface area contributed by atoms with Gasteiger partial charge < -0.3 is 0 Å². The molecule has 0 heterocycles. The highest BCUT2D eigenvalue weighted by Crippen LogP contribution is 2.32. The molecule has 0 unspecified atom stereocenters. The van der Waals surface area contributed by atoms with Gasteiger partial charge in [-0.3, -0.25) is 0 Å². The van der Waals surface area contributed by atoms with Crippen molar-refractivity contribution in [2.45, 2.75) is 6.92 Å². The largest absolute Gasteiger partial charge is 0.0870 e. The van der Waals surface area contributed by atoms with Crippen molar-refractivity contribution in [3.63, 3.8) is 0 Å². The van der Waals surface area contributed by atoms with Gasteiger partial charge in [-0.1, -0.05) is 28.1 Å². The lowest BCUT2D eigenvalue weighted by Gasteiger charge is -2.03. The van der Waals surface area contributed by atoms with Gasteiger partial charge >= 0.3 is 0 Å². The zero-order chi connectivity index (χ0) is 9.14. The zero-order valence-electron chi connectivity index (χ0n) is 6.44. The quantitative estimate of drug-likeness (QED) is 0.622. The molecule has 0 aliphatic rings. The van der Waals surface area contributed by atoms with E-state index in [1.54, 1.807) is 0 Å². The molecule has 0 saturated heterocycles. The molecule has 1 rings (SSSR count). The van der Waals surface area contributed by atoms with Gasteiger partial charge in [-0.05, 0) is 50.9 Å². The summed E-state index contributed by atoms with van der Waals surface area (Å²) in [7, 11) is 0. The first-order chi connectivity index (χ1) is 5.66. The van der Waals surface area contributed by atoms with E-state index in [9.17, 15) is 0 Å². The molecule has 0 nitrogen and oxygen atoms in total. The van der Waals surface area contributed by atoms with Crippen molar-refractivity contribution < 1.29 is 0 Å². The number of rotatable bonds is 1. The molecule has 0 atom stereocenters. The van der Waals surface area contributed by atoms with Crippen LogP contribution in [0.3, 0.4) is 0 Å². The van der Waals surface area contributed by atoms with Crippen LogP contribution in [0.15, 0.2) is 31.6 Å². The van der Waals surface area contributed by atoms with Crippen LogP contribution in [0.2, 0.25) is 0 Å². The van der Waals surface area contributed by atoms with Gasteiger partial charge in [0, 0.05) is 19.0 Å². The van der Waals surface area contributed by atoms with Crippen LogP contribution in [0.1, 0.15) is 12.5 Å². The molecule has 0 amide bonds. The van der Waals surface area contributed by atoms with Crippen LogP contribution >= 0.6 is 47.8 Å². The smallest absolute Gasteiger partial charge is 0.0401 e. The Kier molecular flexibility index (Phi) is 4.00. The van der Waals surface area contributed by atoms with E-state index in [1.165, 1.54) is 0 Å². The normalized spacial score (nSPS) is 11.0.